The maximum atomic E-state index is 13.5. The van der Waals surface area contributed by atoms with Crippen LogP contribution in [0, 0.1) is 5.92 Å². The number of carboxylic acids is 1. The van der Waals surface area contributed by atoms with Crippen molar-refractivity contribution in [2.75, 3.05) is 20.1 Å². The second-order valence-corrected chi connectivity index (χ2v) is 11.2. The lowest BCUT2D eigenvalue weighted by Gasteiger charge is -2.22. The highest BCUT2D eigenvalue weighted by atomic mass is 16.4. The second-order valence-electron chi connectivity index (χ2n) is 11.2. The number of ketones is 3. The van der Waals surface area contributed by atoms with E-state index in [-0.39, 0.29) is 48.7 Å². The molecule has 1 aromatic heterocycles. The van der Waals surface area contributed by atoms with E-state index in [1.165, 1.54) is 10.8 Å². The Morgan fingerprint density at radius 1 is 0.841 bits per heavy atom. The maximum absolute atomic E-state index is 13.5. The number of fused-ring (bicyclic) bond motifs is 1. The Kier molecular flexibility index (Phi) is 11.1. The van der Waals surface area contributed by atoms with Crippen molar-refractivity contribution in [3.05, 3.63) is 118 Å². The predicted molar refractivity (Wildman–Crippen MR) is 170 cm³/mol. The molecule has 4 rings (SSSR count). The molecule has 44 heavy (non-hydrogen) atoms. The maximum Gasteiger partial charge on any atom is 0.304 e. The van der Waals surface area contributed by atoms with Crippen LogP contribution in [0.3, 0.4) is 0 Å². The van der Waals surface area contributed by atoms with Crippen molar-refractivity contribution in [2.24, 2.45) is 5.92 Å². The van der Waals surface area contributed by atoms with Crippen molar-refractivity contribution < 1.29 is 24.3 Å². The van der Waals surface area contributed by atoms with Gasteiger partial charge in [0.1, 0.15) is 0 Å². The fourth-order valence-corrected chi connectivity index (χ4v) is 5.48. The van der Waals surface area contributed by atoms with E-state index in [0.29, 0.717) is 12.1 Å². The number of benzene rings is 3. The average Bonchev–Trinajstić information content (AvgIpc) is 3.01. The van der Waals surface area contributed by atoms with Crippen molar-refractivity contribution in [1.29, 1.82) is 0 Å². The summed E-state index contributed by atoms with van der Waals surface area (Å²) in [4.78, 5) is 66.7. The highest BCUT2D eigenvalue weighted by Crippen LogP contribution is 2.21. The molecule has 1 heterocycles. The molecular formula is C36H38N2O6. The van der Waals surface area contributed by atoms with Gasteiger partial charge in [-0.1, -0.05) is 79.7 Å². The van der Waals surface area contributed by atoms with Crippen molar-refractivity contribution in [1.82, 2.24) is 9.47 Å². The third kappa shape index (κ3) is 8.45. The third-order valence-corrected chi connectivity index (χ3v) is 7.94. The minimum atomic E-state index is -1.16. The van der Waals surface area contributed by atoms with Gasteiger partial charge in [-0.2, -0.15) is 0 Å². The highest BCUT2D eigenvalue weighted by molar-refractivity contribution is 6.01. The molecular weight excluding hydrogens is 556 g/mol. The van der Waals surface area contributed by atoms with Gasteiger partial charge in [0.2, 0.25) is 0 Å². The largest absolute Gasteiger partial charge is 0.481 e. The summed E-state index contributed by atoms with van der Waals surface area (Å²) in [7, 11) is 1.79. The Bertz CT molecular complexity index is 1690. The zero-order valence-electron chi connectivity index (χ0n) is 25.1. The molecule has 0 saturated carbocycles. The standard InChI is InChI=1S/C36H38N2O6/c1-3-31(33(40)22-30(23-35(42)43)34(41)24-37(2)19-17-25-10-5-4-6-11-25)38-18-9-14-29(36(38)44)21-32(39)28-16-15-26-12-7-8-13-27(26)20-28/h4-16,18,20,30-31H,3,17,19,21-24H2,1-2H3,(H,42,43)/t30-,31?/m0/s1. The number of carbonyl (C=O) groups is 4. The summed E-state index contributed by atoms with van der Waals surface area (Å²) in [6.07, 6.45) is 1.62. The number of carboxylic acid groups (broad SMARTS) is 1. The first kappa shape index (κ1) is 32.2. The van der Waals surface area contributed by atoms with E-state index in [1.807, 2.05) is 65.6 Å². The van der Waals surface area contributed by atoms with E-state index in [0.717, 1.165) is 22.8 Å². The minimum Gasteiger partial charge on any atom is -0.481 e. The number of aromatic nitrogens is 1. The van der Waals surface area contributed by atoms with E-state index in [1.54, 1.807) is 38.2 Å². The summed E-state index contributed by atoms with van der Waals surface area (Å²) in [6, 6.07) is 25.3. The van der Waals surface area contributed by atoms with Crippen LogP contribution in [0.25, 0.3) is 10.8 Å². The van der Waals surface area contributed by atoms with Crippen LogP contribution in [-0.2, 0) is 27.2 Å². The monoisotopic (exact) mass is 594 g/mol. The molecule has 8 heteroatoms. The lowest BCUT2D eigenvalue weighted by atomic mass is 9.90. The first-order valence-corrected chi connectivity index (χ1v) is 14.9. The first-order valence-electron chi connectivity index (χ1n) is 14.9. The van der Waals surface area contributed by atoms with E-state index in [4.69, 9.17) is 0 Å². The molecule has 8 nitrogen and oxygen atoms in total. The summed E-state index contributed by atoms with van der Waals surface area (Å²) in [5, 5.41) is 11.4. The molecule has 0 amide bonds. The van der Waals surface area contributed by atoms with Gasteiger partial charge in [0.25, 0.3) is 5.56 Å². The van der Waals surface area contributed by atoms with Crippen LogP contribution in [0.4, 0.5) is 0 Å². The molecule has 2 atom stereocenters. The number of aliphatic carboxylic acids is 1. The summed E-state index contributed by atoms with van der Waals surface area (Å²) < 4.78 is 1.31. The van der Waals surface area contributed by atoms with Gasteiger partial charge in [-0.05, 0) is 48.4 Å². The fourth-order valence-electron chi connectivity index (χ4n) is 5.48. The minimum absolute atomic E-state index is 0.0150. The topological polar surface area (TPSA) is 114 Å². The zero-order chi connectivity index (χ0) is 31.6. The number of nitrogens with zero attached hydrogens (tertiary/aromatic N) is 2. The number of hydrogen-bond donors (Lipinski definition) is 1. The predicted octanol–water partition coefficient (Wildman–Crippen LogP) is 5.17. The summed E-state index contributed by atoms with van der Waals surface area (Å²) >= 11 is 0. The number of hydrogen-bond acceptors (Lipinski definition) is 6. The molecule has 0 bridgehead atoms. The van der Waals surface area contributed by atoms with Crippen LogP contribution in [0.5, 0.6) is 0 Å². The molecule has 4 aromatic rings. The van der Waals surface area contributed by atoms with Crippen LogP contribution in [0.15, 0.2) is 95.9 Å². The van der Waals surface area contributed by atoms with Crippen molar-refractivity contribution in [3.8, 4) is 0 Å². The molecule has 1 N–H and O–H groups in total. The fraction of sp³-hybridized carbons (Fsp3) is 0.306. The number of carbonyl (C=O) groups excluding carboxylic acids is 3. The molecule has 0 aliphatic carbocycles. The lowest BCUT2D eigenvalue weighted by Crippen LogP contribution is -2.36. The Labute approximate surface area is 256 Å². The number of rotatable bonds is 16. The Morgan fingerprint density at radius 3 is 2.25 bits per heavy atom. The van der Waals surface area contributed by atoms with Gasteiger partial charge < -0.3 is 9.67 Å². The second kappa shape index (κ2) is 15.2. The van der Waals surface area contributed by atoms with E-state index in [9.17, 15) is 29.1 Å². The van der Waals surface area contributed by atoms with Crippen LogP contribution in [0.1, 0.15) is 53.7 Å². The van der Waals surface area contributed by atoms with Crippen LogP contribution >= 0.6 is 0 Å². The molecule has 0 saturated heterocycles. The number of likely N-dealkylation sites (N-methyl/N-ethyl adjacent to an activating group) is 1. The molecule has 0 fully saturated rings. The van der Waals surface area contributed by atoms with Gasteiger partial charge in [-0.25, -0.2) is 0 Å². The quantitative estimate of drug-likeness (QED) is 0.178. The molecule has 0 spiro atoms. The van der Waals surface area contributed by atoms with Gasteiger partial charge in [0.15, 0.2) is 17.3 Å². The van der Waals surface area contributed by atoms with Crippen molar-refractivity contribution in [3.63, 3.8) is 0 Å². The Hall–Kier alpha value is -4.69. The highest BCUT2D eigenvalue weighted by Gasteiger charge is 2.29. The zero-order valence-corrected chi connectivity index (χ0v) is 25.1. The van der Waals surface area contributed by atoms with E-state index in [2.05, 4.69) is 0 Å². The summed E-state index contributed by atoms with van der Waals surface area (Å²) in [5.74, 6) is -3.11. The lowest BCUT2D eigenvalue weighted by molar-refractivity contribution is -0.141. The molecule has 228 valence electrons. The van der Waals surface area contributed by atoms with E-state index < -0.39 is 29.9 Å². The normalized spacial score (nSPS) is 12.6. The van der Waals surface area contributed by atoms with Gasteiger partial charge in [-0.3, -0.25) is 28.9 Å². The third-order valence-electron chi connectivity index (χ3n) is 7.94. The SMILES string of the molecule is CCC(C(=O)C[C@@H](CC(=O)O)C(=O)CN(C)CCc1ccccc1)n1cccc(CC(=O)c2ccc3ccccc3c2)c1=O. The van der Waals surface area contributed by atoms with Crippen molar-refractivity contribution in [2.45, 2.75) is 45.1 Å². The number of pyridine rings is 1. The van der Waals surface area contributed by atoms with Crippen LogP contribution in [-0.4, -0.2) is 58.0 Å². The van der Waals surface area contributed by atoms with Gasteiger partial charge in [-0.15, -0.1) is 0 Å². The van der Waals surface area contributed by atoms with Gasteiger partial charge >= 0.3 is 5.97 Å². The van der Waals surface area contributed by atoms with Crippen LogP contribution in [0.2, 0.25) is 0 Å². The summed E-state index contributed by atoms with van der Waals surface area (Å²) in [5.41, 5.74) is 1.42. The Morgan fingerprint density at radius 2 is 1.55 bits per heavy atom. The first-order chi connectivity index (χ1) is 21.2. The molecule has 3 aromatic carbocycles. The van der Waals surface area contributed by atoms with Gasteiger partial charge in [0.05, 0.1) is 19.0 Å². The molecule has 0 aliphatic rings. The molecule has 0 radical (unpaired) electrons. The average molecular weight is 595 g/mol. The molecule has 1 unspecified atom stereocenters. The Balaban J connectivity index is 1.45. The van der Waals surface area contributed by atoms with Crippen molar-refractivity contribution >= 4 is 34.1 Å². The summed E-state index contributed by atoms with van der Waals surface area (Å²) in [6.45, 7) is 2.37. The molecule has 0 aliphatic heterocycles. The number of Topliss-reactive ketones (excluding diaryl/α,β-unsaturated/α-hetero) is 3. The van der Waals surface area contributed by atoms with Crippen LogP contribution < -0.4 is 5.56 Å². The smallest absolute Gasteiger partial charge is 0.304 e. The van der Waals surface area contributed by atoms with Gasteiger partial charge in [0, 0.05) is 42.6 Å². The van der Waals surface area contributed by atoms with E-state index >= 15 is 0 Å².